The summed E-state index contributed by atoms with van der Waals surface area (Å²) < 4.78 is 18.9. The minimum absolute atomic E-state index is 0.148. The monoisotopic (exact) mass is 444 g/mol. The summed E-state index contributed by atoms with van der Waals surface area (Å²) in [5.41, 5.74) is 1.12. The van der Waals surface area contributed by atoms with Gasteiger partial charge in [-0.15, -0.1) is 0 Å². The van der Waals surface area contributed by atoms with E-state index in [0.717, 1.165) is 0 Å². The highest BCUT2D eigenvalue weighted by Gasteiger charge is 2.27. The topological polar surface area (TPSA) is 73.4 Å². The Bertz CT molecular complexity index is 1130. The molecule has 6 nitrogen and oxygen atoms in total. The minimum Gasteiger partial charge on any atom is -0.419 e. The first kappa shape index (κ1) is 20.2. The summed E-state index contributed by atoms with van der Waals surface area (Å²) in [6.45, 7) is 1.78. The minimum atomic E-state index is -0.387. The number of hydrogen-bond acceptors (Lipinski definition) is 5. The molecule has 0 aliphatic carbocycles. The fraction of sp³-hybridized carbons (Fsp3) is 0.190. The van der Waals surface area contributed by atoms with Crippen LogP contribution in [0.5, 0.6) is 0 Å². The fourth-order valence-corrected chi connectivity index (χ4v) is 3.75. The van der Waals surface area contributed by atoms with Gasteiger partial charge >= 0.3 is 0 Å². The van der Waals surface area contributed by atoms with Crippen LogP contribution in [0.4, 0.5) is 10.3 Å². The summed E-state index contributed by atoms with van der Waals surface area (Å²) in [7, 11) is 0. The summed E-state index contributed by atoms with van der Waals surface area (Å²) in [5, 5.41) is 10.3. The van der Waals surface area contributed by atoms with Crippen molar-refractivity contribution < 1.29 is 13.6 Å². The second kappa shape index (κ2) is 8.34. The van der Waals surface area contributed by atoms with Gasteiger partial charge in [0.1, 0.15) is 11.9 Å². The zero-order valence-electron chi connectivity index (χ0n) is 15.6. The van der Waals surface area contributed by atoms with Crippen molar-refractivity contribution >= 4 is 35.0 Å². The lowest BCUT2D eigenvalue weighted by Crippen LogP contribution is -2.48. The van der Waals surface area contributed by atoms with E-state index in [0.29, 0.717) is 53.2 Å². The van der Waals surface area contributed by atoms with E-state index in [9.17, 15) is 14.4 Å². The van der Waals surface area contributed by atoms with Gasteiger partial charge in [0.05, 0.1) is 10.6 Å². The van der Waals surface area contributed by atoms with E-state index in [1.165, 1.54) is 24.3 Å². The van der Waals surface area contributed by atoms with E-state index in [-0.39, 0.29) is 23.3 Å². The number of benzene rings is 2. The Hall–Kier alpha value is -3.08. The first-order valence-corrected chi connectivity index (χ1v) is 9.88. The van der Waals surface area contributed by atoms with Crippen molar-refractivity contribution in [2.75, 3.05) is 31.1 Å². The molecule has 9 heteroatoms. The number of carbonyl (C=O) groups is 1. The van der Waals surface area contributed by atoms with Crippen molar-refractivity contribution in [1.29, 1.82) is 5.26 Å². The van der Waals surface area contributed by atoms with Gasteiger partial charge in [-0.05, 0) is 42.5 Å². The van der Waals surface area contributed by atoms with Gasteiger partial charge in [-0.1, -0.05) is 23.2 Å². The van der Waals surface area contributed by atoms with Crippen molar-refractivity contribution in [3.8, 4) is 17.5 Å². The van der Waals surface area contributed by atoms with Crippen LogP contribution in [0.2, 0.25) is 10.0 Å². The summed E-state index contributed by atoms with van der Waals surface area (Å²) in [5.74, 6) is 0.0177. The maximum absolute atomic E-state index is 13.1. The quantitative estimate of drug-likeness (QED) is 0.588. The number of oxazole rings is 1. The number of aromatic nitrogens is 1. The predicted molar refractivity (Wildman–Crippen MR) is 111 cm³/mol. The number of carbonyl (C=O) groups excluding carboxylic acids is 1. The molecule has 30 heavy (non-hydrogen) atoms. The number of hydrogen-bond donors (Lipinski definition) is 0. The lowest BCUT2D eigenvalue weighted by molar-refractivity contribution is 0.0745. The van der Waals surface area contributed by atoms with E-state index < -0.39 is 0 Å². The second-order valence-corrected chi connectivity index (χ2v) is 7.54. The van der Waals surface area contributed by atoms with Crippen LogP contribution in [-0.2, 0) is 0 Å². The molecule has 1 aromatic heterocycles. The molecule has 4 rings (SSSR count). The normalized spacial score (nSPS) is 13.9. The van der Waals surface area contributed by atoms with E-state index in [1.807, 2.05) is 11.0 Å². The first-order chi connectivity index (χ1) is 14.5. The average molecular weight is 445 g/mol. The third kappa shape index (κ3) is 3.97. The highest BCUT2D eigenvalue weighted by Crippen LogP contribution is 2.34. The summed E-state index contributed by atoms with van der Waals surface area (Å²) in [6.07, 6.45) is 0. The predicted octanol–water partition coefficient (Wildman–Crippen LogP) is 4.62. The Labute approximate surface area is 182 Å². The smallest absolute Gasteiger partial charge is 0.253 e. The highest BCUT2D eigenvalue weighted by atomic mass is 35.5. The molecule has 0 N–H and O–H groups in total. The molecular formula is C21H15Cl2FN4O2. The second-order valence-electron chi connectivity index (χ2n) is 6.69. The number of anilines is 1. The largest absolute Gasteiger partial charge is 0.419 e. The lowest BCUT2D eigenvalue weighted by atomic mass is 10.2. The van der Waals surface area contributed by atoms with E-state index in [2.05, 4.69) is 4.98 Å². The third-order valence-electron chi connectivity index (χ3n) is 4.82. The molecule has 1 amide bonds. The Balaban J connectivity index is 1.51. The maximum Gasteiger partial charge on any atom is 0.253 e. The van der Waals surface area contributed by atoms with Crippen LogP contribution >= 0.6 is 23.2 Å². The molecule has 1 aliphatic rings. The van der Waals surface area contributed by atoms with Gasteiger partial charge in [-0.3, -0.25) is 4.79 Å². The van der Waals surface area contributed by atoms with Crippen LogP contribution in [0.15, 0.2) is 46.9 Å². The lowest BCUT2D eigenvalue weighted by Gasteiger charge is -2.34. The molecule has 1 fully saturated rings. The van der Waals surface area contributed by atoms with Gasteiger partial charge in [0.25, 0.3) is 5.91 Å². The Morgan fingerprint density at radius 2 is 1.80 bits per heavy atom. The molecule has 0 saturated carbocycles. The molecule has 0 atom stereocenters. The Morgan fingerprint density at radius 3 is 2.43 bits per heavy atom. The van der Waals surface area contributed by atoms with Gasteiger partial charge in [-0.25, -0.2) is 4.39 Å². The number of rotatable bonds is 3. The fourth-order valence-electron chi connectivity index (χ4n) is 3.27. The number of amides is 1. The zero-order valence-corrected chi connectivity index (χ0v) is 17.1. The van der Waals surface area contributed by atoms with Gasteiger partial charge in [-0.2, -0.15) is 10.2 Å². The van der Waals surface area contributed by atoms with E-state index in [4.69, 9.17) is 27.6 Å². The van der Waals surface area contributed by atoms with Crippen LogP contribution in [-0.4, -0.2) is 42.0 Å². The van der Waals surface area contributed by atoms with Gasteiger partial charge in [0.2, 0.25) is 17.5 Å². The Kier molecular flexibility index (Phi) is 5.62. The van der Waals surface area contributed by atoms with Crippen molar-refractivity contribution in [3.63, 3.8) is 0 Å². The first-order valence-electron chi connectivity index (χ1n) is 9.12. The van der Waals surface area contributed by atoms with E-state index >= 15 is 0 Å². The standard InChI is InChI=1S/C21H15Cl2FN4O2/c22-14-3-6-16(17(23)11-14)19-26-18(12-25)21(30-19)28-9-7-27(8-10-28)20(29)13-1-4-15(24)5-2-13/h1-6,11H,7-10H2. The van der Waals surface area contributed by atoms with Gasteiger partial charge < -0.3 is 14.2 Å². The molecule has 0 bridgehead atoms. The summed E-state index contributed by atoms with van der Waals surface area (Å²) in [4.78, 5) is 20.4. The van der Waals surface area contributed by atoms with Crippen LogP contribution in [0.3, 0.4) is 0 Å². The SMILES string of the molecule is N#Cc1nc(-c2ccc(Cl)cc2Cl)oc1N1CCN(C(=O)c2ccc(F)cc2)CC1. The molecule has 0 unspecified atom stereocenters. The molecular weight excluding hydrogens is 430 g/mol. The number of halogens is 3. The number of nitrogens with zero attached hydrogens (tertiary/aromatic N) is 4. The number of nitriles is 1. The van der Waals surface area contributed by atoms with Gasteiger partial charge in [0, 0.05) is 36.8 Å². The molecule has 2 aromatic carbocycles. The van der Waals surface area contributed by atoms with Crippen molar-refractivity contribution in [2.24, 2.45) is 0 Å². The zero-order chi connectivity index (χ0) is 21.3. The van der Waals surface area contributed by atoms with Crippen LogP contribution in [0.25, 0.3) is 11.5 Å². The van der Waals surface area contributed by atoms with Crippen LogP contribution in [0, 0.1) is 17.1 Å². The van der Waals surface area contributed by atoms with E-state index in [1.54, 1.807) is 23.1 Å². The molecule has 1 aliphatic heterocycles. The summed E-state index contributed by atoms with van der Waals surface area (Å²) in [6, 6.07) is 12.4. The molecule has 0 spiro atoms. The molecule has 1 saturated heterocycles. The van der Waals surface area contributed by atoms with Crippen LogP contribution < -0.4 is 4.90 Å². The van der Waals surface area contributed by atoms with Crippen molar-refractivity contribution in [2.45, 2.75) is 0 Å². The van der Waals surface area contributed by atoms with Crippen molar-refractivity contribution in [1.82, 2.24) is 9.88 Å². The summed E-state index contributed by atoms with van der Waals surface area (Å²) >= 11 is 12.2. The average Bonchev–Trinajstić information content (AvgIpc) is 3.18. The molecule has 152 valence electrons. The Morgan fingerprint density at radius 1 is 1.10 bits per heavy atom. The maximum atomic E-state index is 13.1. The molecule has 3 aromatic rings. The third-order valence-corrected chi connectivity index (χ3v) is 5.37. The van der Waals surface area contributed by atoms with Crippen LogP contribution in [0.1, 0.15) is 16.1 Å². The molecule has 2 heterocycles. The highest BCUT2D eigenvalue weighted by molar-refractivity contribution is 6.36. The van der Waals surface area contributed by atoms with Gasteiger partial charge in [0.15, 0.2) is 0 Å². The molecule has 0 radical (unpaired) electrons. The number of piperazine rings is 1. The van der Waals surface area contributed by atoms with Crippen molar-refractivity contribution in [3.05, 3.63) is 69.6 Å².